The molecule has 0 heterocycles. The highest BCUT2D eigenvalue weighted by molar-refractivity contribution is 5.94. The van der Waals surface area contributed by atoms with Gasteiger partial charge in [-0.1, -0.05) is 65.2 Å². The van der Waals surface area contributed by atoms with Gasteiger partial charge in [-0.15, -0.1) is 0 Å². The van der Waals surface area contributed by atoms with E-state index in [4.69, 9.17) is 18.9 Å². The van der Waals surface area contributed by atoms with E-state index in [1.807, 2.05) is 0 Å². The lowest BCUT2D eigenvalue weighted by molar-refractivity contribution is 0.0720. The third-order valence-electron chi connectivity index (χ3n) is 6.46. The van der Waals surface area contributed by atoms with E-state index in [2.05, 4.69) is 13.8 Å². The molecule has 0 fully saturated rings. The predicted octanol–water partition coefficient (Wildman–Crippen LogP) is 8.82. The van der Waals surface area contributed by atoms with Gasteiger partial charge in [0, 0.05) is 0 Å². The quantitative estimate of drug-likeness (QED) is 0.0902. The fourth-order valence-electron chi connectivity index (χ4n) is 4.07. The van der Waals surface area contributed by atoms with Crippen LogP contribution < -0.4 is 18.9 Å². The Morgan fingerprint density at radius 3 is 1.18 bits per heavy atom. The van der Waals surface area contributed by atoms with Crippen LogP contribution in [0.5, 0.6) is 23.0 Å². The van der Waals surface area contributed by atoms with Crippen LogP contribution in [-0.2, 0) is 0 Å². The van der Waals surface area contributed by atoms with E-state index >= 15 is 0 Å². The Bertz CT molecular complexity index is 1140. The van der Waals surface area contributed by atoms with Crippen molar-refractivity contribution in [3.8, 4) is 23.0 Å². The van der Waals surface area contributed by atoms with Gasteiger partial charge < -0.3 is 18.9 Å². The summed E-state index contributed by atoms with van der Waals surface area (Å²) in [6.07, 6.45) is 11.9. The van der Waals surface area contributed by atoms with Crippen LogP contribution in [0.1, 0.15) is 98.8 Å². The maximum absolute atomic E-state index is 12.6. The number of ether oxygens (including phenoxy) is 4. The van der Waals surface area contributed by atoms with Gasteiger partial charge in [-0.05, 0) is 85.6 Å². The minimum Gasteiger partial charge on any atom is -0.494 e. The molecule has 0 bridgehead atoms. The van der Waals surface area contributed by atoms with Crippen LogP contribution >= 0.6 is 0 Å². The van der Waals surface area contributed by atoms with Crippen molar-refractivity contribution in [1.82, 2.24) is 0 Å². The number of hydrogen-bond donors (Lipinski definition) is 0. The zero-order valence-electron chi connectivity index (χ0n) is 23.9. The number of benzene rings is 3. The number of unbranched alkanes of at least 4 members (excludes halogenated alkanes) is 8. The van der Waals surface area contributed by atoms with Gasteiger partial charge in [-0.25, -0.2) is 9.59 Å². The molecule has 0 aliphatic heterocycles. The van der Waals surface area contributed by atoms with Gasteiger partial charge in [0.2, 0.25) is 0 Å². The molecule has 0 aliphatic rings. The SMILES string of the molecule is CCCCCCCCOc1ccc(OC(=O)c2ccc(C(=O)Oc3ccc(OCCCCCC)cc3)cc2)cc1. The van der Waals surface area contributed by atoms with Crippen molar-refractivity contribution in [1.29, 1.82) is 0 Å². The van der Waals surface area contributed by atoms with Crippen LogP contribution in [-0.4, -0.2) is 25.2 Å². The van der Waals surface area contributed by atoms with Crippen molar-refractivity contribution < 1.29 is 28.5 Å². The van der Waals surface area contributed by atoms with E-state index in [-0.39, 0.29) is 0 Å². The standard InChI is InChI=1S/C34H42O6/c1-3-5-7-9-10-12-26-38-30-19-23-32(24-20-30)40-34(36)28-15-13-27(14-16-28)33(35)39-31-21-17-29(18-22-31)37-25-11-8-6-4-2/h13-24H,3-12,25-26H2,1-2H3. The highest BCUT2D eigenvalue weighted by Gasteiger charge is 2.13. The molecule has 0 saturated heterocycles. The Balaban J connectivity index is 1.40. The number of carbonyl (C=O) groups is 2. The average molecular weight is 547 g/mol. The molecule has 0 aromatic heterocycles. The molecule has 6 heteroatoms. The summed E-state index contributed by atoms with van der Waals surface area (Å²) >= 11 is 0. The summed E-state index contributed by atoms with van der Waals surface area (Å²) in [4.78, 5) is 25.1. The van der Waals surface area contributed by atoms with Crippen LogP contribution in [0.15, 0.2) is 72.8 Å². The number of rotatable bonds is 18. The van der Waals surface area contributed by atoms with E-state index in [1.54, 1.807) is 72.8 Å². The summed E-state index contributed by atoms with van der Waals surface area (Å²) < 4.78 is 22.4. The van der Waals surface area contributed by atoms with Crippen molar-refractivity contribution in [2.75, 3.05) is 13.2 Å². The number of hydrogen-bond acceptors (Lipinski definition) is 6. The van der Waals surface area contributed by atoms with Gasteiger partial charge in [0.15, 0.2) is 0 Å². The Labute approximate surface area is 238 Å². The second-order valence-corrected chi connectivity index (χ2v) is 9.82. The normalized spacial score (nSPS) is 10.7. The third-order valence-corrected chi connectivity index (χ3v) is 6.46. The second-order valence-electron chi connectivity index (χ2n) is 9.82. The van der Waals surface area contributed by atoms with Crippen LogP contribution in [0, 0.1) is 0 Å². The van der Waals surface area contributed by atoms with E-state index in [9.17, 15) is 9.59 Å². The first kappa shape index (κ1) is 30.7. The summed E-state index contributed by atoms with van der Waals surface area (Å²) in [7, 11) is 0. The molecule has 0 spiro atoms. The molecule has 0 radical (unpaired) electrons. The summed E-state index contributed by atoms with van der Waals surface area (Å²) in [6.45, 7) is 5.75. The van der Waals surface area contributed by atoms with Gasteiger partial charge in [-0.2, -0.15) is 0 Å². The molecule has 0 saturated carbocycles. The van der Waals surface area contributed by atoms with E-state index in [0.29, 0.717) is 35.8 Å². The van der Waals surface area contributed by atoms with E-state index in [0.717, 1.165) is 30.8 Å². The second kappa shape index (κ2) is 17.7. The third kappa shape index (κ3) is 11.1. The van der Waals surface area contributed by atoms with Crippen LogP contribution in [0.2, 0.25) is 0 Å². The number of carbonyl (C=O) groups excluding carboxylic acids is 2. The van der Waals surface area contributed by atoms with Gasteiger partial charge in [0.25, 0.3) is 0 Å². The lowest BCUT2D eigenvalue weighted by Crippen LogP contribution is -2.11. The Hall–Kier alpha value is -3.80. The van der Waals surface area contributed by atoms with Gasteiger partial charge >= 0.3 is 11.9 Å². The molecule has 0 atom stereocenters. The first-order valence-electron chi connectivity index (χ1n) is 14.6. The maximum Gasteiger partial charge on any atom is 0.343 e. The molecule has 0 amide bonds. The molecule has 3 aromatic rings. The summed E-state index contributed by atoms with van der Waals surface area (Å²) in [5.74, 6) is 1.32. The highest BCUT2D eigenvalue weighted by atomic mass is 16.5. The zero-order chi connectivity index (χ0) is 28.4. The van der Waals surface area contributed by atoms with Crippen LogP contribution in [0.25, 0.3) is 0 Å². The fourth-order valence-corrected chi connectivity index (χ4v) is 4.07. The Kier molecular flexibility index (Phi) is 13.6. The molecule has 3 aromatic carbocycles. The molecule has 214 valence electrons. The molecular formula is C34H42O6. The van der Waals surface area contributed by atoms with E-state index < -0.39 is 11.9 Å². The smallest absolute Gasteiger partial charge is 0.343 e. The largest absolute Gasteiger partial charge is 0.494 e. The fraction of sp³-hybridized carbons (Fsp3) is 0.412. The van der Waals surface area contributed by atoms with Crippen molar-refractivity contribution in [2.45, 2.75) is 78.1 Å². The summed E-state index contributed by atoms with van der Waals surface area (Å²) in [5.41, 5.74) is 0.667. The molecular weight excluding hydrogens is 504 g/mol. The minimum absolute atomic E-state index is 0.333. The summed E-state index contributed by atoms with van der Waals surface area (Å²) in [5, 5.41) is 0. The molecule has 0 aliphatic carbocycles. The molecule has 0 unspecified atom stereocenters. The van der Waals surface area contributed by atoms with Crippen LogP contribution in [0.3, 0.4) is 0 Å². The van der Waals surface area contributed by atoms with Gasteiger partial charge in [0.05, 0.1) is 24.3 Å². The minimum atomic E-state index is -0.510. The zero-order valence-corrected chi connectivity index (χ0v) is 23.9. The molecule has 40 heavy (non-hydrogen) atoms. The van der Waals surface area contributed by atoms with Gasteiger partial charge in [0.1, 0.15) is 23.0 Å². The maximum atomic E-state index is 12.6. The van der Waals surface area contributed by atoms with E-state index in [1.165, 1.54) is 44.9 Å². The monoisotopic (exact) mass is 546 g/mol. The lowest BCUT2D eigenvalue weighted by atomic mass is 10.1. The van der Waals surface area contributed by atoms with Crippen LogP contribution in [0.4, 0.5) is 0 Å². The Morgan fingerprint density at radius 1 is 0.450 bits per heavy atom. The topological polar surface area (TPSA) is 71.1 Å². The first-order valence-corrected chi connectivity index (χ1v) is 14.6. The Morgan fingerprint density at radius 2 is 0.775 bits per heavy atom. The van der Waals surface area contributed by atoms with Crippen molar-refractivity contribution in [3.05, 3.63) is 83.9 Å². The molecule has 6 nitrogen and oxygen atoms in total. The highest BCUT2D eigenvalue weighted by Crippen LogP contribution is 2.21. The average Bonchev–Trinajstić information content (AvgIpc) is 2.98. The number of esters is 2. The molecule has 0 N–H and O–H groups in total. The predicted molar refractivity (Wildman–Crippen MR) is 158 cm³/mol. The van der Waals surface area contributed by atoms with Crippen molar-refractivity contribution >= 4 is 11.9 Å². The van der Waals surface area contributed by atoms with Gasteiger partial charge in [-0.3, -0.25) is 0 Å². The van der Waals surface area contributed by atoms with Crippen molar-refractivity contribution in [3.63, 3.8) is 0 Å². The molecule has 3 rings (SSSR count). The summed E-state index contributed by atoms with van der Waals surface area (Å²) in [6, 6.07) is 20.2. The lowest BCUT2D eigenvalue weighted by Gasteiger charge is -2.09. The van der Waals surface area contributed by atoms with Crippen molar-refractivity contribution in [2.24, 2.45) is 0 Å². The first-order chi connectivity index (χ1) is 19.6.